The molecular formula is C14H25N3O2S. The Morgan fingerprint density at radius 1 is 1.15 bits per heavy atom. The van der Waals surface area contributed by atoms with E-state index in [2.05, 4.69) is 24.0 Å². The molecule has 0 amide bonds. The highest BCUT2D eigenvalue weighted by Gasteiger charge is 2.21. The van der Waals surface area contributed by atoms with Crippen LogP contribution in [0, 0.1) is 0 Å². The van der Waals surface area contributed by atoms with Crippen LogP contribution in [0.15, 0.2) is 29.2 Å². The Balaban J connectivity index is 2.91. The summed E-state index contributed by atoms with van der Waals surface area (Å²) in [6, 6.07) is 6.62. The molecule has 6 heteroatoms. The summed E-state index contributed by atoms with van der Waals surface area (Å²) in [5.41, 5.74) is 2.84. The Morgan fingerprint density at radius 2 is 1.85 bits per heavy atom. The number of para-hydroxylation sites is 1. The van der Waals surface area contributed by atoms with Gasteiger partial charge in [-0.25, -0.2) is 13.1 Å². The van der Waals surface area contributed by atoms with Crippen molar-refractivity contribution in [2.24, 2.45) is 5.84 Å². The predicted octanol–water partition coefficient (Wildman–Crippen LogP) is 2.61. The molecule has 1 rings (SSSR count). The number of unbranched alkanes of at least 4 members (excludes halogenated alkanes) is 1. The first-order chi connectivity index (χ1) is 9.55. The zero-order valence-electron chi connectivity index (χ0n) is 12.2. The van der Waals surface area contributed by atoms with Crippen molar-refractivity contribution in [1.29, 1.82) is 0 Å². The number of nitrogens with one attached hydrogen (secondary N) is 2. The zero-order valence-corrected chi connectivity index (χ0v) is 13.0. The van der Waals surface area contributed by atoms with Gasteiger partial charge in [-0.3, -0.25) is 5.84 Å². The van der Waals surface area contributed by atoms with Gasteiger partial charge in [0.15, 0.2) is 0 Å². The molecule has 1 aromatic rings. The Bertz CT molecular complexity index is 503. The molecule has 5 nitrogen and oxygen atoms in total. The maximum Gasteiger partial charge on any atom is 0.242 e. The lowest BCUT2D eigenvalue weighted by Crippen LogP contribution is -2.35. The van der Waals surface area contributed by atoms with Crippen molar-refractivity contribution in [2.75, 3.05) is 5.43 Å². The van der Waals surface area contributed by atoms with Gasteiger partial charge in [0.25, 0.3) is 0 Å². The number of nitrogens with two attached hydrogens (primary N) is 1. The van der Waals surface area contributed by atoms with Gasteiger partial charge in [0.2, 0.25) is 10.0 Å². The Hall–Kier alpha value is -1.11. The second-order valence-electron chi connectivity index (χ2n) is 4.89. The van der Waals surface area contributed by atoms with Crippen LogP contribution in [0.1, 0.15) is 46.0 Å². The minimum Gasteiger partial charge on any atom is -0.323 e. The largest absolute Gasteiger partial charge is 0.323 e. The summed E-state index contributed by atoms with van der Waals surface area (Å²) in [5, 5.41) is 0. The number of sulfonamides is 1. The van der Waals surface area contributed by atoms with E-state index in [1.54, 1.807) is 24.3 Å². The molecule has 114 valence electrons. The molecule has 1 unspecified atom stereocenters. The van der Waals surface area contributed by atoms with E-state index in [4.69, 9.17) is 5.84 Å². The second kappa shape index (κ2) is 8.24. The number of nitrogen functional groups attached to an aromatic ring is 1. The van der Waals surface area contributed by atoms with Crippen LogP contribution >= 0.6 is 0 Å². The highest BCUT2D eigenvalue weighted by molar-refractivity contribution is 7.89. The molecule has 4 N–H and O–H groups in total. The first-order valence-corrected chi connectivity index (χ1v) is 8.61. The van der Waals surface area contributed by atoms with Crippen molar-refractivity contribution >= 4 is 15.7 Å². The van der Waals surface area contributed by atoms with Crippen molar-refractivity contribution in [3.63, 3.8) is 0 Å². The number of benzene rings is 1. The lowest BCUT2D eigenvalue weighted by atomic mass is 10.1. The fraction of sp³-hybridized carbons (Fsp3) is 0.571. The van der Waals surface area contributed by atoms with Gasteiger partial charge in [-0.1, -0.05) is 45.2 Å². The van der Waals surface area contributed by atoms with Crippen LogP contribution in [0.4, 0.5) is 5.69 Å². The first-order valence-electron chi connectivity index (χ1n) is 7.13. The molecule has 0 aliphatic rings. The Morgan fingerprint density at radius 3 is 2.45 bits per heavy atom. The van der Waals surface area contributed by atoms with E-state index >= 15 is 0 Å². The molecule has 1 atom stereocenters. The van der Waals surface area contributed by atoms with Crippen LogP contribution in [0.2, 0.25) is 0 Å². The molecule has 0 aliphatic carbocycles. The number of rotatable bonds is 9. The number of hydrogen-bond donors (Lipinski definition) is 3. The molecule has 0 radical (unpaired) electrons. The average Bonchev–Trinajstić information content (AvgIpc) is 2.44. The van der Waals surface area contributed by atoms with Crippen LogP contribution in [0.3, 0.4) is 0 Å². The summed E-state index contributed by atoms with van der Waals surface area (Å²) in [6.45, 7) is 4.16. The predicted molar refractivity (Wildman–Crippen MR) is 82.8 cm³/mol. The molecule has 0 aliphatic heterocycles. The number of hydrazine groups is 1. The summed E-state index contributed by atoms with van der Waals surface area (Å²) in [5.74, 6) is 5.37. The quantitative estimate of drug-likeness (QED) is 0.483. The van der Waals surface area contributed by atoms with Crippen molar-refractivity contribution < 1.29 is 8.42 Å². The molecule has 0 heterocycles. The third kappa shape index (κ3) is 4.77. The standard InChI is InChI=1S/C14H25N3O2S/c1-3-5-9-12(8-4-2)17-20(18,19)14-11-7-6-10-13(14)16-15/h6-7,10-12,16-17H,3-5,8-9,15H2,1-2H3. The lowest BCUT2D eigenvalue weighted by molar-refractivity contribution is 0.483. The van der Waals surface area contributed by atoms with Crippen LogP contribution < -0.4 is 16.0 Å². The summed E-state index contributed by atoms with van der Waals surface area (Å²) in [4.78, 5) is 0.195. The van der Waals surface area contributed by atoms with E-state index in [1.807, 2.05) is 0 Å². The van der Waals surface area contributed by atoms with Gasteiger partial charge in [0.1, 0.15) is 4.90 Å². The molecule has 20 heavy (non-hydrogen) atoms. The van der Waals surface area contributed by atoms with Crippen LogP contribution in [-0.2, 0) is 10.0 Å². The van der Waals surface area contributed by atoms with Gasteiger partial charge >= 0.3 is 0 Å². The normalized spacial score (nSPS) is 13.2. The topological polar surface area (TPSA) is 84.2 Å². The van der Waals surface area contributed by atoms with Gasteiger partial charge in [0.05, 0.1) is 5.69 Å². The molecule has 0 aromatic heterocycles. The third-order valence-corrected chi connectivity index (χ3v) is 4.78. The molecule has 0 bridgehead atoms. The van der Waals surface area contributed by atoms with Crippen molar-refractivity contribution in [3.05, 3.63) is 24.3 Å². The molecule has 0 saturated carbocycles. The van der Waals surface area contributed by atoms with E-state index in [1.165, 1.54) is 0 Å². The van der Waals surface area contributed by atoms with Gasteiger partial charge in [-0.05, 0) is 25.0 Å². The first kappa shape index (κ1) is 16.9. The molecule has 1 aromatic carbocycles. The van der Waals surface area contributed by atoms with Crippen molar-refractivity contribution in [1.82, 2.24) is 4.72 Å². The molecule has 0 spiro atoms. The van der Waals surface area contributed by atoms with Crippen molar-refractivity contribution in [3.8, 4) is 0 Å². The lowest BCUT2D eigenvalue weighted by Gasteiger charge is -2.19. The Kier molecular flexibility index (Phi) is 6.98. The number of anilines is 1. The van der Waals surface area contributed by atoms with E-state index < -0.39 is 10.0 Å². The minimum atomic E-state index is -3.55. The smallest absolute Gasteiger partial charge is 0.242 e. The van der Waals surface area contributed by atoms with E-state index in [0.717, 1.165) is 32.1 Å². The van der Waals surface area contributed by atoms with Crippen LogP contribution in [0.5, 0.6) is 0 Å². The van der Waals surface area contributed by atoms with E-state index in [-0.39, 0.29) is 10.9 Å². The van der Waals surface area contributed by atoms with Gasteiger partial charge in [0, 0.05) is 6.04 Å². The average molecular weight is 299 g/mol. The van der Waals surface area contributed by atoms with Gasteiger partial charge < -0.3 is 5.43 Å². The van der Waals surface area contributed by atoms with E-state index in [9.17, 15) is 8.42 Å². The minimum absolute atomic E-state index is 0.0178. The second-order valence-corrected chi connectivity index (χ2v) is 6.57. The fourth-order valence-corrected chi connectivity index (χ4v) is 3.64. The van der Waals surface area contributed by atoms with Gasteiger partial charge in [-0.15, -0.1) is 0 Å². The number of hydrogen-bond acceptors (Lipinski definition) is 4. The summed E-state index contributed by atoms with van der Waals surface area (Å²) < 4.78 is 27.7. The summed E-state index contributed by atoms with van der Waals surface area (Å²) in [6.07, 6.45) is 4.74. The van der Waals surface area contributed by atoms with E-state index in [0.29, 0.717) is 5.69 Å². The fourth-order valence-electron chi connectivity index (χ4n) is 2.16. The maximum absolute atomic E-state index is 12.5. The monoisotopic (exact) mass is 299 g/mol. The maximum atomic E-state index is 12.5. The third-order valence-electron chi connectivity index (χ3n) is 3.20. The van der Waals surface area contributed by atoms with Crippen LogP contribution in [0.25, 0.3) is 0 Å². The highest BCUT2D eigenvalue weighted by Crippen LogP contribution is 2.21. The molecule has 0 fully saturated rings. The summed E-state index contributed by atoms with van der Waals surface area (Å²) >= 11 is 0. The van der Waals surface area contributed by atoms with Crippen molar-refractivity contribution in [2.45, 2.75) is 56.9 Å². The van der Waals surface area contributed by atoms with Crippen LogP contribution in [-0.4, -0.2) is 14.5 Å². The molecular weight excluding hydrogens is 274 g/mol. The SMILES string of the molecule is CCCCC(CCC)NS(=O)(=O)c1ccccc1NN. The zero-order chi connectivity index (χ0) is 15.0. The highest BCUT2D eigenvalue weighted by atomic mass is 32.2. The molecule has 0 saturated heterocycles. The van der Waals surface area contributed by atoms with Gasteiger partial charge in [-0.2, -0.15) is 0 Å². The Labute approximate surface area is 122 Å². The summed E-state index contributed by atoms with van der Waals surface area (Å²) in [7, 11) is -3.55.